The number of benzene rings is 1. The molecule has 0 amide bonds. The van der Waals surface area contributed by atoms with Gasteiger partial charge < -0.3 is 14.3 Å². The Morgan fingerprint density at radius 1 is 1.39 bits per heavy atom. The van der Waals surface area contributed by atoms with Crippen LogP contribution in [0, 0.1) is 5.82 Å². The van der Waals surface area contributed by atoms with E-state index in [0.717, 1.165) is 0 Å². The molecule has 100 valence electrons. The third-order valence-electron chi connectivity index (χ3n) is 2.83. The highest BCUT2D eigenvalue weighted by Gasteiger charge is 2.32. The maximum Gasteiger partial charge on any atom is 0.194 e. The van der Waals surface area contributed by atoms with Crippen molar-refractivity contribution in [2.75, 3.05) is 14.2 Å². The van der Waals surface area contributed by atoms with Gasteiger partial charge in [0.05, 0.1) is 4.47 Å². The molecule has 1 aromatic carbocycles. The number of carbonyl (C=O) groups is 1. The molecular weight excluding hydrogens is 303 g/mol. The summed E-state index contributed by atoms with van der Waals surface area (Å²) in [7, 11) is 2.95. The minimum atomic E-state index is -1.09. The Morgan fingerprint density at radius 2 is 2.00 bits per heavy atom. The number of carbonyl (C=O) groups excluding carboxylic acids is 1. The summed E-state index contributed by atoms with van der Waals surface area (Å²) < 4.78 is 24.7. The highest BCUT2D eigenvalue weighted by Crippen LogP contribution is 2.33. The third-order valence-corrected chi connectivity index (χ3v) is 3.47. The molecule has 0 fully saturated rings. The van der Waals surface area contributed by atoms with E-state index >= 15 is 0 Å². The van der Waals surface area contributed by atoms with Crippen LogP contribution in [0.15, 0.2) is 22.7 Å². The van der Waals surface area contributed by atoms with Crippen molar-refractivity contribution < 1.29 is 18.7 Å². The van der Waals surface area contributed by atoms with Gasteiger partial charge in [0.1, 0.15) is 11.6 Å². The van der Waals surface area contributed by atoms with Gasteiger partial charge >= 0.3 is 0 Å². The number of hydrogen-bond donors (Lipinski definition) is 0. The van der Waals surface area contributed by atoms with Crippen LogP contribution in [0.2, 0.25) is 0 Å². The van der Waals surface area contributed by atoms with Gasteiger partial charge in [0.25, 0.3) is 0 Å². The van der Waals surface area contributed by atoms with Crippen LogP contribution in [-0.2, 0) is 20.1 Å². The van der Waals surface area contributed by atoms with Crippen molar-refractivity contribution in [3.63, 3.8) is 0 Å². The maximum absolute atomic E-state index is 13.6. The monoisotopic (exact) mass is 318 g/mol. The molecule has 0 N–H and O–H groups in total. The fourth-order valence-corrected chi connectivity index (χ4v) is 1.99. The first-order valence-electron chi connectivity index (χ1n) is 5.50. The van der Waals surface area contributed by atoms with Gasteiger partial charge in [-0.2, -0.15) is 0 Å². The summed E-state index contributed by atoms with van der Waals surface area (Å²) in [5.74, 6) is -1.45. The molecule has 0 heterocycles. The lowest BCUT2D eigenvalue weighted by molar-refractivity contribution is -0.220. The molecule has 0 aliphatic carbocycles. The van der Waals surface area contributed by atoms with Gasteiger partial charge in [0.15, 0.2) is 5.79 Å². The topological polar surface area (TPSA) is 35.5 Å². The number of rotatable bonds is 6. The van der Waals surface area contributed by atoms with Crippen LogP contribution in [0.3, 0.4) is 0 Å². The van der Waals surface area contributed by atoms with E-state index in [9.17, 15) is 9.18 Å². The summed E-state index contributed by atoms with van der Waals surface area (Å²) in [5.41, 5.74) is 0.550. The van der Waals surface area contributed by atoms with E-state index in [2.05, 4.69) is 15.9 Å². The largest absolute Gasteiger partial charge is 0.349 e. The fourth-order valence-electron chi connectivity index (χ4n) is 1.74. The number of hydrogen-bond acceptors (Lipinski definition) is 3. The van der Waals surface area contributed by atoms with Crippen LogP contribution in [-0.4, -0.2) is 20.0 Å². The molecular formula is C13H16BrFO3. The lowest BCUT2D eigenvalue weighted by Gasteiger charge is -2.31. The van der Waals surface area contributed by atoms with Crippen LogP contribution in [0.4, 0.5) is 4.39 Å². The Bertz CT molecular complexity index is 430. The normalized spacial score (nSPS) is 11.6. The summed E-state index contributed by atoms with van der Waals surface area (Å²) in [6.07, 6.45) is 0.649. The number of Topliss-reactive ketones (excluding diaryl/α,β-unsaturated/α-hetero) is 1. The first kappa shape index (κ1) is 15.3. The number of methoxy groups -OCH3 is 2. The van der Waals surface area contributed by atoms with Crippen molar-refractivity contribution in [1.82, 2.24) is 0 Å². The lowest BCUT2D eigenvalue weighted by atomic mass is 9.99. The van der Waals surface area contributed by atoms with Crippen molar-refractivity contribution >= 4 is 21.7 Å². The van der Waals surface area contributed by atoms with E-state index in [-0.39, 0.29) is 5.78 Å². The molecule has 0 bridgehead atoms. The highest BCUT2D eigenvalue weighted by molar-refractivity contribution is 9.10. The van der Waals surface area contributed by atoms with Crippen molar-refractivity contribution in [2.45, 2.75) is 25.6 Å². The summed E-state index contributed by atoms with van der Waals surface area (Å²) in [4.78, 5) is 11.1. The molecule has 0 saturated heterocycles. The van der Waals surface area contributed by atoms with E-state index < -0.39 is 11.6 Å². The van der Waals surface area contributed by atoms with Crippen LogP contribution in [0.1, 0.15) is 25.3 Å². The maximum atomic E-state index is 13.6. The Balaban J connectivity index is 3.09. The van der Waals surface area contributed by atoms with Crippen molar-refractivity contribution in [2.24, 2.45) is 0 Å². The number of ketones is 1. The highest BCUT2D eigenvalue weighted by atomic mass is 79.9. The first-order chi connectivity index (χ1) is 8.45. The third kappa shape index (κ3) is 3.37. The van der Waals surface area contributed by atoms with Crippen LogP contribution in [0.5, 0.6) is 0 Å². The molecule has 3 nitrogen and oxygen atoms in total. The van der Waals surface area contributed by atoms with Crippen molar-refractivity contribution in [3.8, 4) is 0 Å². The lowest BCUT2D eigenvalue weighted by Crippen LogP contribution is -2.31. The zero-order valence-electron chi connectivity index (χ0n) is 10.6. The Kier molecular flexibility index (Phi) is 5.44. The molecule has 1 rings (SSSR count). The summed E-state index contributed by atoms with van der Waals surface area (Å²) in [6, 6.07) is 4.64. The van der Waals surface area contributed by atoms with Gasteiger partial charge in [-0.25, -0.2) is 4.39 Å². The predicted octanol–water partition coefficient (Wildman–Crippen LogP) is 3.40. The van der Waals surface area contributed by atoms with Gasteiger partial charge in [0, 0.05) is 32.6 Å². The van der Waals surface area contributed by atoms with Gasteiger partial charge in [-0.3, -0.25) is 0 Å². The quantitative estimate of drug-likeness (QED) is 0.754. The van der Waals surface area contributed by atoms with Crippen molar-refractivity contribution in [3.05, 3.63) is 34.1 Å². The molecule has 0 spiro atoms. The first-order valence-corrected chi connectivity index (χ1v) is 6.29. The Hall–Kier alpha value is -0.780. The van der Waals surface area contributed by atoms with Gasteiger partial charge in [-0.1, -0.05) is 6.07 Å². The van der Waals surface area contributed by atoms with E-state index in [4.69, 9.17) is 9.47 Å². The second kappa shape index (κ2) is 6.41. The second-order valence-corrected chi connectivity index (χ2v) is 4.85. The van der Waals surface area contributed by atoms with Crippen LogP contribution < -0.4 is 0 Å². The second-order valence-electron chi connectivity index (χ2n) is 3.99. The fraction of sp³-hybridized carbons (Fsp3) is 0.462. The molecule has 0 aliphatic rings. The van der Waals surface area contributed by atoms with Crippen LogP contribution >= 0.6 is 15.9 Å². The van der Waals surface area contributed by atoms with Gasteiger partial charge in [-0.15, -0.1) is 0 Å². The number of halogens is 2. The van der Waals surface area contributed by atoms with Crippen LogP contribution in [0.25, 0.3) is 0 Å². The smallest absolute Gasteiger partial charge is 0.194 e. The molecule has 0 unspecified atom stereocenters. The van der Waals surface area contributed by atoms with Crippen molar-refractivity contribution in [1.29, 1.82) is 0 Å². The average molecular weight is 319 g/mol. The zero-order valence-corrected chi connectivity index (χ0v) is 12.2. The predicted molar refractivity (Wildman–Crippen MR) is 69.7 cm³/mol. The molecule has 1 aromatic rings. The minimum absolute atomic E-state index is 0.0334. The van der Waals surface area contributed by atoms with Gasteiger partial charge in [-0.05, 0) is 35.0 Å². The molecule has 0 aromatic heterocycles. The average Bonchev–Trinajstić information content (AvgIpc) is 2.35. The summed E-state index contributed by atoms with van der Waals surface area (Å²) >= 11 is 3.09. The zero-order chi connectivity index (χ0) is 13.8. The van der Waals surface area contributed by atoms with E-state index in [1.165, 1.54) is 27.2 Å². The SMILES string of the molecule is COC(CCC(C)=O)(OC)c1ccc(Br)c(F)c1. The Labute approximate surface area is 114 Å². The number of ether oxygens (including phenoxy) is 2. The molecule has 0 radical (unpaired) electrons. The molecule has 5 heteroatoms. The van der Waals surface area contributed by atoms with E-state index in [1.54, 1.807) is 12.1 Å². The van der Waals surface area contributed by atoms with E-state index in [1.807, 2.05) is 0 Å². The Morgan fingerprint density at radius 3 is 2.44 bits per heavy atom. The molecule has 0 aliphatic heterocycles. The van der Waals surface area contributed by atoms with Gasteiger partial charge in [0.2, 0.25) is 0 Å². The summed E-state index contributed by atoms with van der Waals surface area (Å²) in [6.45, 7) is 1.50. The summed E-state index contributed by atoms with van der Waals surface area (Å²) in [5, 5.41) is 0. The molecule has 0 atom stereocenters. The molecule has 0 saturated carbocycles. The standard InChI is InChI=1S/C13H16BrFO3/c1-9(16)6-7-13(17-2,18-3)10-4-5-11(14)12(15)8-10/h4-5,8H,6-7H2,1-3H3. The van der Waals surface area contributed by atoms with E-state index in [0.29, 0.717) is 22.9 Å². The molecule has 18 heavy (non-hydrogen) atoms. The minimum Gasteiger partial charge on any atom is -0.349 e.